The summed E-state index contributed by atoms with van der Waals surface area (Å²) in [5.74, 6) is 0. The quantitative estimate of drug-likeness (QED) is 0.194. The first kappa shape index (κ1) is 25.9. The van der Waals surface area contributed by atoms with E-state index in [1.165, 1.54) is 87.0 Å². The van der Waals surface area contributed by atoms with Crippen molar-refractivity contribution in [3.63, 3.8) is 0 Å². The first-order chi connectivity index (χ1) is 22.8. The smallest absolute Gasteiger partial charge is 0.0719 e. The van der Waals surface area contributed by atoms with Crippen molar-refractivity contribution >= 4 is 33.3 Å². The van der Waals surface area contributed by atoms with Gasteiger partial charge in [0.05, 0.1) is 5.41 Å². The number of hydrogen-bond acceptors (Lipinski definition) is 1. The van der Waals surface area contributed by atoms with Crippen LogP contribution in [-0.4, -0.2) is 0 Å². The maximum absolute atomic E-state index is 2.38. The molecule has 0 aromatic heterocycles. The van der Waals surface area contributed by atoms with E-state index in [4.69, 9.17) is 0 Å². The predicted octanol–water partition coefficient (Wildman–Crippen LogP) is 12.2. The molecule has 1 aliphatic heterocycles. The van der Waals surface area contributed by atoms with Crippen molar-refractivity contribution in [3.8, 4) is 33.4 Å². The predicted molar refractivity (Wildman–Crippen MR) is 194 cm³/mol. The summed E-state index contributed by atoms with van der Waals surface area (Å²) in [5.41, 5.74) is 12.7. The van der Waals surface area contributed by atoms with Crippen molar-refractivity contribution in [2.45, 2.75) is 15.2 Å². The van der Waals surface area contributed by atoms with Crippen molar-refractivity contribution in [1.29, 1.82) is 0 Å². The van der Waals surface area contributed by atoms with Crippen LogP contribution in [0.3, 0.4) is 0 Å². The summed E-state index contributed by atoms with van der Waals surface area (Å²) in [5, 5.41) is 5.26. The third-order valence-corrected chi connectivity index (χ3v) is 11.3. The monoisotopic (exact) mass is 600 g/mol. The van der Waals surface area contributed by atoms with Gasteiger partial charge in [-0.15, -0.1) is 0 Å². The van der Waals surface area contributed by atoms with Crippen LogP contribution in [0.4, 0.5) is 0 Å². The topological polar surface area (TPSA) is 0 Å². The van der Waals surface area contributed by atoms with Gasteiger partial charge >= 0.3 is 0 Å². The van der Waals surface area contributed by atoms with Crippen LogP contribution in [0.1, 0.15) is 22.3 Å². The summed E-state index contributed by atoms with van der Waals surface area (Å²) >= 11 is 1.89. The summed E-state index contributed by atoms with van der Waals surface area (Å²) in [4.78, 5) is 2.65. The van der Waals surface area contributed by atoms with E-state index < -0.39 is 5.41 Å². The van der Waals surface area contributed by atoms with Gasteiger partial charge in [0, 0.05) is 15.2 Å². The van der Waals surface area contributed by atoms with Gasteiger partial charge in [0.1, 0.15) is 0 Å². The van der Waals surface area contributed by atoms with E-state index in [1.54, 1.807) is 0 Å². The second-order valence-electron chi connectivity index (χ2n) is 12.4. The van der Waals surface area contributed by atoms with Crippen LogP contribution in [0.15, 0.2) is 180 Å². The molecule has 0 bridgehead atoms. The summed E-state index contributed by atoms with van der Waals surface area (Å²) in [6.07, 6.45) is 0. The number of hydrogen-bond donors (Lipinski definition) is 0. The number of benzene rings is 8. The average Bonchev–Trinajstić information content (AvgIpc) is 3.44. The Kier molecular flexibility index (Phi) is 5.53. The standard InChI is InChI=1S/C45H28S/c1-2-13-33(14-3-1)45(40-18-7-6-16-36(40)39-27-22-30-10-4-5-15-35(30)44(39)45)34-24-20-29(21-25-34)32-23-26-37-38-17-8-11-31-12-9-19-41(43(31)38)46-42(37)28-32/h1-28H. The van der Waals surface area contributed by atoms with Crippen molar-refractivity contribution in [2.24, 2.45) is 0 Å². The SMILES string of the molecule is c1ccc(C2(c3ccc(-c4ccc5c(c4)Sc4cccc6cccc-5c46)cc3)c3ccccc3-c3ccc4ccccc4c32)cc1. The molecule has 0 fully saturated rings. The molecule has 8 aromatic carbocycles. The highest BCUT2D eigenvalue weighted by atomic mass is 32.2. The van der Waals surface area contributed by atoms with Gasteiger partial charge in [0.25, 0.3) is 0 Å². The van der Waals surface area contributed by atoms with E-state index in [0.29, 0.717) is 0 Å². The Balaban J connectivity index is 1.16. The van der Waals surface area contributed by atoms with Crippen LogP contribution in [0.25, 0.3) is 54.9 Å². The number of fused-ring (bicyclic) bond motifs is 7. The van der Waals surface area contributed by atoms with E-state index in [-0.39, 0.29) is 0 Å². The Morgan fingerprint density at radius 2 is 1.07 bits per heavy atom. The molecule has 0 N–H and O–H groups in total. The van der Waals surface area contributed by atoms with Crippen LogP contribution in [-0.2, 0) is 5.41 Å². The maximum Gasteiger partial charge on any atom is 0.0719 e. The van der Waals surface area contributed by atoms with Crippen molar-refractivity contribution in [1.82, 2.24) is 0 Å². The number of rotatable bonds is 3. The molecule has 0 amide bonds. The van der Waals surface area contributed by atoms with Crippen LogP contribution in [0.5, 0.6) is 0 Å². The minimum atomic E-state index is -0.430. The summed E-state index contributed by atoms with van der Waals surface area (Å²) in [6, 6.07) is 63.3. The lowest BCUT2D eigenvalue weighted by atomic mass is 9.66. The molecule has 0 saturated carbocycles. The van der Waals surface area contributed by atoms with E-state index in [0.717, 1.165) is 0 Å². The molecule has 2 aliphatic rings. The van der Waals surface area contributed by atoms with Gasteiger partial charge in [-0.3, -0.25) is 0 Å². The highest BCUT2D eigenvalue weighted by Crippen LogP contribution is 2.58. The molecule has 0 nitrogen and oxygen atoms in total. The van der Waals surface area contributed by atoms with E-state index in [1.807, 2.05) is 11.8 Å². The Labute approximate surface area is 273 Å². The third kappa shape index (κ3) is 3.52. The van der Waals surface area contributed by atoms with Crippen molar-refractivity contribution in [2.75, 3.05) is 0 Å². The van der Waals surface area contributed by atoms with Crippen LogP contribution >= 0.6 is 11.8 Å². The third-order valence-electron chi connectivity index (χ3n) is 10.1. The second kappa shape index (κ2) is 9.81. The minimum absolute atomic E-state index is 0.430. The van der Waals surface area contributed by atoms with Gasteiger partial charge in [0.15, 0.2) is 0 Å². The van der Waals surface area contributed by atoms with E-state index in [2.05, 4.69) is 170 Å². The van der Waals surface area contributed by atoms with Crippen LogP contribution < -0.4 is 0 Å². The molecule has 214 valence electrons. The zero-order valence-corrected chi connectivity index (χ0v) is 25.9. The van der Waals surface area contributed by atoms with Gasteiger partial charge in [-0.05, 0) is 83.9 Å². The molecule has 1 unspecified atom stereocenters. The fourth-order valence-corrected chi connectivity index (χ4v) is 9.38. The van der Waals surface area contributed by atoms with Gasteiger partial charge in [-0.2, -0.15) is 0 Å². The first-order valence-electron chi connectivity index (χ1n) is 15.9. The Hall–Kier alpha value is -5.37. The van der Waals surface area contributed by atoms with Crippen molar-refractivity contribution in [3.05, 3.63) is 192 Å². The lowest BCUT2D eigenvalue weighted by molar-refractivity contribution is 0.775. The molecule has 1 heteroatoms. The second-order valence-corrected chi connectivity index (χ2v) is 13.5. The molecule has 0 spiro atoms. The first-order valence-corrected chi connectivity index (χ1v) is 16.7. The Morgan fingerprint density at radius 3 is 1.96 bits per heavy atom. The van der Waals surface area contributed by atoms with Gasteiger partial charge in [0.2, 0.25) is 0 Å². The lowest BCUT2D eigenvalue weighted by Crippen LogP contribution is -2.28. The maximum atomic E-state index is 2.38. The highest BCUT2D eigenvalue weighted by Gasteiger charge is 2.47. The molecule has 10 rings (SSSR count). The largest absolute Gasteiger partial charge is 0.0888 e. The molecule has 8 aromatic rings. The Bertz CT molecular complexity index is 2480. The molecular weight excluding hydrogens is 573 g/mol. The Morgan fingerprint density at radius 1 is 0.391 bits per heavy atom. The molecule has 1 aliphatic carbocycles. The summed E-state index contributed by atoms with van der Waals surface area (Å²) in [6.45, 7) is 0. The average molecular weight is 601 g/mol. The van der Waals surface area contributed by atoms with E-state index in [9.17, 15) is 0 Å². The zero-order valence-electron chi connectivity index (χ0n) is 25.1. The van der Waals surface area contributed by atoms with Crippen LogP contribution in [0, 0.1) is 0 Å². The van der Waals surface area contributed by atoms with Gasteiger partial charge in [-0.25, -0.2) is 0 Å². The van der Waals surface area contributed by atoms with Gasteiger partial charge in [-0.1, -0.05) is 169 Å². The summed E-state index contributed by atoms with van der Waals surface area (Å²) in [7, 11) is 0. The molecule has 0 saturated heterocycles. The fourth-order valence-electron chi connectivity index (χ4n) is 8.19. The lowest BCUT2D eigenvalue weighted by Gasteiger charge is -2.34. The molecule has 1 heterocycles. The molecule has 1 atom stereocenters. The zero-order chi connectivity index (χ0) is 30.2. The molecule has 0 radical (unpaired) electrons. The molecule has 46 heavy (non-hydrogen) atoms. The van der Waals surface area contributed by atoms with Gasteiger partial charge < -0.3 is 0 Å². The minimum Gasteiger partial charge on any atom is -0.0888 e. The molecular formula is C45H28S. The van der Waals surface area contributed by atoms with E-state index >= 15 is 0 Å². The van der Waals surface area contributed by atoms with Crippen LogP contribution in [0.2, 0.25) is 0 Å². The normalized spacial score (nSPS) is 15.8. The summed E-state index contributed by atoms with van der Waals surface area (Å²) < 4.78 is 0. The highest BCUT2D eigenvalue weighted by molar-refractivity contribution is 7.99. The van der Waals surface area contributed by atoms with Crippen molar-refractivity contribution < 1.29 is 0 Å². The fraction of sp³-hybridized carbons (Fsp3) is 0.0222.